The summed E-state index contributed by atoms with van der Waals surface area (Å²) in [6, 6.07) is 3.26. The maximum atomic E-state index is 11.7. The lowest BCUT2D eigenvalue weighted by molar-refractivity contribution is 0.0939. The van der Waals surface area contributed by atoms with Crippen molar-refractivity contribution in [2.24, 2.45) is 5.92 Å². The first-order chi connectivity index (χ1) is 6.43. The molecule has 0 heterocycles. The first-order valence-corrected chi connectivity index (χ1v) is 5.67. The van der Waals surface area contributed by atoms with Gasteiger partial charge < -0.3 is 0 Å². The molecule has 0 aromatic heterocycles. The van der Waals surface area contributed by atoms with E-state index in [1.807, 2.05) is 13.8 Å². The van der Waals surface area contributed by atoms with Gasteiger partial charge >= 0.3 is 0 Å². The lowest BCUT2D eigenvalue weighted by atomic mass is 10.0. The van der Waals surface area contributed by atoms with Crippen LogP contribution in [0.25, 0.3) is 0 Å². The molecule has 0 aliphatic carbocycles. The van der Waals surface area contributed by atoms with Crippen molar-refractivity contribution in [2.45, 2.75) is 13.8 Å². The average Bonchev–Trinajstić information content (AvgIpc) is 2.09. The van der Waals surface area contributed by atoms with Gasteiger partial charge in [-0.25, -0.2) is 0 Å². The lowest BCUT2D eigenvalue weighted by Crippen LogP contribution is -2.08. The highest BCUT2D eigenvalue weighted by atomic mass is 79.9. The van der Waals surface area contributed by atoms with Gasteiger partial charge in [0.1, 0.15) is 0 Å². The summed E-state index contributed by atoms with van der Waals surface area (Å²) in [6.07, 6.45) is 0. The van der Waals surface area contributed by atoms with Gasteiger partial charge in [0.15, 0.2) is 5.78 Å². The predicted octanol–water partition coefficient (Wildman–Crippen LogP) is 4.59. The quantitative estimate of drug-likeness (QED) is 0.576. The zero-order valence-electron chi connectivity index (χ0n) is 7.77. The normalized spacial score (nSPS) is 10.7. The highest BCUT2D eigenvalue weighted by molar-refractivity contribution is 9.10. The molecular weight excluding hydrogens is 287 g/mol. The Labute approximate surface area is 102 Å². The molecule has 76 valence electrons. The molecular formula is C10H9BrCl2O. The van der Waals surface area contributed by atoms with Crippen LogP contribution in [-0.4, -0.2) is 5.78 Å². The maximum Gasteiger partial charge on any atom is 0.166 e. The van der Waals surface area contributed by atoms with Crippen LogP contribution in [0.5, 0.6) is 0 Å². The molecule has 0 aliphatic heterocycles. The maximum absolute atomic E-state index is 11.7. The molecule has 0 atom stereocenters. The van der Waals surface area contributed by atoms with Crippen LogP contribution in [0.2, 0.25) is 10.0 Å². The Morgan fingerprint density at radius 3 is 2.43 bits per heavy atom. The van der Waals surface area contributed by atoms with E-state index in [0.29, 0.717) is 20.1 Å². The summed E-state index contributed by atoms with van der Waals surface area (Å²) < 4.78 is 0.649. The molecule has 0 unspecified atom stereocenters. The number of ketones is 1. The van der Waals surface area contributed by atoms with E-state index in [4.69, 9.17) is 23.2 Å². The fourth-order valence-electron chi connectivity index (χ4n) is 1.05. The van der Waals surface area contributed by atoms with Crippen LogP contribution >= 0.6 is 39.1 Å². The molecule has 1 rings (SSSR count). The average molecular weight is 296 g/mol. The number of carbonyl (C=O) groups is 1. The summed E-state index contributed by atoms with van der Waals surface area (Å²) >= 11 is 15.1. The number of rotatable bonds is 2. The van der Waals surface area contributed by atoms with Gasteiger partial charge in [-0.1, -0.05) is 37.0 Å². The third-order valence-electron chi connectivity index (χ3n) is 1.78. The molecule has 0 aliphatic rings. The number of hydrogen-bond donors (Lipinski definition) is 0. The standard InChI is InChI=1S/C10H9BrCl2O/c1-5(2)10(14)7-3-6(12)4-8(11)9(7)13/h3-5H,1-2H3. The second-order valence-electron chi connectivity index (χ2n) is 3.27. The Balaban J connectivity index is 3.27. The van der Waals surface area contributed by atoms with E-state index in [2.05, 4.69) is 15.9 Å². The second kappa shape index (κ2) is 4.65. The molecule has 14 heavy (non-hydrogen) atoms. The fraction of sp³-hybridized carbons (Fsp3) is 0.300. The second-order valence-corrected chi connectivity index (χ2v) is 4.94. The molecule has 1 aromatic carbocycles. The monoisotopic (exact) mass is 294 g/mol. The van der Waals surface area contributed by atoms with Crippen LogP contribution in [0.1, 0.15) is 24.2 Å². The number of Topliss-reactive ketones (excluding diaryl/α,β-unsaturated/α-hetero) is 1. The Kier molecular flexibility index (Phi) is 3.99. The summed E-state index contributed by atoms with van der Waals surface area (Å²) in [6.45, 7) is 3.65. The third kappa shape index (κ3) is 2.50. The molecule has 0 spiro atoms. The minimum atomic E-state index is -0.0853. The molecule has 0 N–H and O–H groups in total. The van der Waals surface area contributed by atoms with Gasteiger partial charge in [-0.2, -0.15) is 0 Å². The minimum absolute atomic E-state index is 0.00167. The minimum Gasteiger partial charge on any atom is -0.294 e. The third-order valence-corrected chi connectivity index (χ3v) is 3.26. The number of hydrogen-bond acceptors (Lipinski definition) is 1. The van der Waals surface area contributed by atoms with Crippen molar-refractivity contribution in [3.63, 3.8) is 0 Å². The van der Waals surface area contributed by atoms with Crippen molar-refractivity contribution in [3.8, 4) is 0 Å². The van der Waals surface area contributed by atoms with E-state index in [9.17, 15) is 4.79 Å². The summed E-state index contributed by atoms with van der Waals surface area (Å²) in [5.41, 5.74) is 0.473. The van der Waals surface area contributed by atoms with Gasteiger partial charge in [0.2, 0.25) is 0 Å². The zero-order valence-corrected chi connectivity index (χ0v) is 10.9. The Hall–Kier alpha value is -0.0500. The van der Waals surface area contributed by atoms with E-state index < -0.39 is 0 Å². The van der Waals surface area contributed by atoms with Crippen molar-refractivity contribution in [1.29, 1.82) is 0 Å². The first-order valence-electron chi connectivity index (χ1n) is 4.12. The van der Waals surface area contributed by atoms with Gasteiger partial charge in [-0.3, -0.25) is 4.79 Å². The van der Waals surface area contributed by atoms with Crippen molar-refractivity contribution in [3.05, 3.63) is 32.2 Å². The zero-order chi connectivity index (χ0) is 10.9. The van der Waals surface area contributed by atoms with Crippen molar-refractivity contribution in [1.82, 2.24) is 0 Å². The van der Waals surface area contributed by atoms with Crippen molar-refractivity contribution >= 4 is 44.9 Å². The van der Waals surface area contributed by atoms with E-state index in [-0.39, 0.29) is 11.7 Å². The van der Waals surface area contributed by atoms with Crippen LogP contribution in [0.15, 0.2) is 16.6 Å². The van der Waals surface area contributed by atoms with E-state index in [1.165, 1.54) is 0 Å². The van der Waals surface area contributed by atoms with Crippen LogP contribution in [0.3, 0.4) is 0 Å². The summed E-state index contributed by atoms with van der Waals surface area (Å²) in [4.78, 5) is 11.7. The van der Waals surface area contributed by atoms with Crippen LogP contribution in [0, 0.1) is 5.92 Å². The predicted molar refractivity (Wildman–Crippen MR) is 63.3 cm³/mol. The molecule has 0 saturated heterocycles. The lowest BCUT2D eigenvalue weighted by Gasteiger charge is -2.08. The summed E-state index contributed by atoms with van der Waals surface area (Å²) in [5, 5.41) is 0.929. The molecule has 4 heteroatoms. The smallest absolute Gasteiger partial charge is 0.166 e. The van der Waals surface area contributed by atoms with Crippen LogP contribution in [-0.2, 0) is 0 Å². The summed E-state index contributed by atoms with van der Waals surface area (Å²) in [5.74, 6) is -0.0870. The molecule has 1 nitrogen and oxygen atoms in total. The van der Waals surface area contributed by atoms with Gasteiger partial charge in [0.25, 0.3) is 0 Å². The Morgan fingerprint density at radius 1 is 1.36 bits per heavy atom. The van der Waals surface area contributed by atoms with Crippen molar-refractivity contribution in [2.75, 3.05) is 0 Å². The van der Waals surface area contributed by atoms with Crippen molar-refractivity contribution < 1.29 is 4.79 Å². The van der Waals surface area contributed by atoms with Gasteiger partial charge in [-0.15, -0.1) is 0 Å². The molecule has 0 saturated carbocycles. The van der Waals surface area contributed by atoms with Crippen LogP contribution in [0.4, 0.5) is 0 Å². The fourth-order valence-corrected chi connectivity index (χ4v) is 2.06. The van der Waals surface area contributed by atoms with E-state index >= 15 is 0 Å². The van der Waals surface area contributed by atoms with Gasteiger partial charge in [-0.05, 0) is 28.1 Å². The summed E-state index contributed by atoms with van der Waals surface area (Å²) in [7, 11) is 0. The van der Waals surface area contributed by atoms with Crippen LogP contribution < -0.4 is 0 Å². The van der Waals surface area contributed by atoms with Gasteiger partial charge in [0, 0.05) is 21.0 Å². The number of halogens is 3. The largest absolute Gasteiger partial charge is 0.294 e. The van der Waals surface area contributed by atoms with Gasteiger partial charge in [0.05, 0.1) is 5.02 Å². The number of carbonyl (C=O) groups excluding carboxylic acids is 1. The molecule has 1 aromatic rings. The highest BCUT2D eigenvalue weighted by Gasteiger charge is 2.16. The highest BCUT2D eigenvalue weighted by Crippen LogP contribution is 2.31. The topological polar surface area (TPSA) is 17.1 Å². The first kappa shape index (κ1) is 12.0. The SMILES string of the molecule is CC(C)C(=O)c1cc(Cl)cc(Br)c1Cl. The molecule has 0 radical (unpaired) electrons. The van der Waals surface area contributed by atoms with E-state index in [1.54, 1.807) is 12.1 Å². The molecule has 0 amide bonds. The van der Waals surface area contributed by atoms with E-state index in [0.717, 1.165) is 0 Å². The molecule has 0 fully saturated rings. The Morgan fingerprint density at radius 2 is 1.93 bits per heavy atom. The Bertz CT molecular complexity index is 375. The number of benzene rings is 1. The molecule has 0 bridgehead atoms.